The van der Waals surface area contributed by atoms with E-state index in [9.17, 15) is 5.11 Å². The first kappa shape index (κ1) is 18.5. The van der Waals surface area contributed by atoms with E-state index in [1.165, 1.54) is 9.80 Å². The van der Waals surface area contributed by atoms with Gasteiger partial charge in [-0.1, -0.05) is 18.2 Å². The molecule has 0 aromatic heterocycles. The van der Waals surface area contributed by atoms with Gasteiger partial charge < -0.3 is 9.84 Å². The lowest BCUT2D eigenvalue weighted by molar-refractivity contribution is 0.0560. The minimum absolute atomic E-state index is 0.253. The van der Waals surface area contributed by atoms with E-state index >= 15 is 0 Å². The van der Waals surface area contributed by atoms with Gasteiger partial charge in [0.05, 0.1) is 12.7 Å². The van der Waals surface area contributed by atoms with Crippen LogP contribution in [-0.4, -0.2) is 30.3 Å². The zero-order valence-electron chi connectivity index (χ0n) is 14.3. The van der Waals surface area contributed by atoms with Crippen LogP contribution >= 0.6 is 23.5 Å². The van der Waals surface area contributed by atoms with Gasteiger partial charge in [0.25, 0.3) is 0 Å². The minimum Gasteiger partial charge on any atom is -0.497 e. The van der Waals surface area contributed by atoms with Crippen molar-refractivity contribution in [3.05, 3.63) is 52.3 Å². The van der Waals surface area contributed by atoms with Crippen molar-refractivity contribution in [2.75, 3.05) is 19.6 Å². The highest BCUT2D eigenvalue weighted by atomic mass is 32.2. The summed E-state index contributed by atoms with van der Waals surface area (Å²) in [6.45, 7) is 5.92. The van der Waals surface area contributed by atoms with E-state index in [0.29, 0.717) is 12.3 Å². The van der Waals surface area contributed by atoms with Crippen LogP contribution in [0.15, 0.2) is 46.7 Å². The van der Waals surface area contributed by atoms with Gasteiger partial charge >= 0.3 is 0 Å². The van der Waals surface area contributed by atoms with Gasteiger partial charge in [-0.25, -0.2) is 0 Å². The summed E-state index contributed by atoms with van der Waals surface area (Å²) in [5.41, 5.74) is 1.56. The van der Waals surface area contributed by atoms with Gasteiger partial charge in [0, 0.05) is 4.24 Å². The molecule has 0 aliphatic heterocycles. The predicted molar refractivity (Wildman–Crippen MR) is 103 cm³/mol. The molecule has 1 saturated carbocycles. The quantitative estimate of drug-likeness (QED) is 0.663. The van der Waals surface area contributed by atoms with E-state index in [1.54, 1.807) is 30.6 Å². The summed E-state index contributed by atoms with van der Waals surface area (Å²) in [7, 11) is 1.68. The number of benzene rings is 1. The van der Waals surface area contributed by atoms with Crippen molar-refractivity contribution in [1.29, 1.82) is 0 Å². The van der Waals surface area contributed by atoms with Crippen LogP contribution in [-0.2, 0) is 0 Å². The second-order valence-electron chi connectivity index (χ2n) is 5.96. The fraction of sp³-hybridized carbons (Fsp3) is 0.474. The second-order valence-corrected chi connectivity index (χ2v) is 7.85. The summed E-state index contributed by atoms with van der Waals surface area (Å²) in [5.74, 6) is 1.53. The maximum Gasteiger partial charge on any atom is 0.118 e. The van der Waals surface area contributed by atoms with E-state index in [2.05, 4.69) is 38.1 Å². The van der Waals surface area contributed by atoms with Crippen LogP contribution in [0.3, 0.4) is 0 Å². The zero-order chi connectivity index (χ0) is 17.0. The highest BCUT2D eigenvalue weighted by molar-refractivity contribution is 8.21. The molecule has 4 heteroatoms. The van der Waals surface area contributed by atoms with Crippen molar-refractivity contribution in [2.24, 2.45) is 5.92 Å². The number of aliphatic hydroxyl groups is 1. The van der Waals surface area contributed by atoms with Crippen molar-refractivity contribution in [2.45, 2.75) is 31.3 Å². The molecule has 0 heterocycles. The van der Waals surface area contributed by atoms with Crippen LogP contribution in [0.1, 0.15) is 31.2 Å². The monoisotopic (exact) mass is 350 g/mol. The van der Waals surface area contributed by atoms with Crippen LogP contribution in [0.4, 0.5) is 0 Å². The lowest BCUT2D eigenvalue weighted by Crippen LogP contribution is -2.33. The largest absolute Gasteiger partial charge is 0.497 e. The zero-order valence-corrected chi connectivity index (χ0v) is 16.0. The average Bonchev–Trinajstić information content (AvgIpc) is 3.37. The molecule has 1 fully saturated rings. The third-order valence-electron chi connectivity index (χ3n) is 4.73. The van der Waals surface area contributed by atoms with E-state index in [4.69, 9.17) is 4.74 Å². The average molecular weight is 351 g/mol. The lowest BCUT2D eigenvalue weighted by atomic mass is 9.85. The van der Waals surface area contributed by atoms with Gasteiger partial charge in [0.15, 0.2) is 0 Å². The Morgan fingerprint density at radius 3 is 2.43 bits per heavy atom. The first-order valence-electron chi connectivity index (χ1n) is 7.78. The summed E-state index contributed by atoms with van der Waals surface area (Å²) in [4.78, 5) is 0. The number of ether oxygens (including phenoxy) is 1. The second kappa shape index (κ2) is 7.82. The smallest absolute Gasteiger partial charge is 0.118 e. The van der Waals surface area contributed by atoms with Crippen molar-refractivity contribution in [3.63, 3.8) is 0 Å². The number of rotatable bonds is 8. The van der Waals surface area contributed by atoms with Crippen LogP contribution in [0.2, 0.25) is 0 Å². The Hall–Kier alpha value is -0.840. The number of methoxy groups -OCH3 is 1. The maximum absolute atomic E-state index is 11.4. The first-order valence-corrected chi connectivity index (χ1v) is 10.2. The van der Waals surface area contributed by atoms with Gasteiger partial charge in [-0.05, 0) is 67.4 Å². The lowest BCUT2D eigenvalue weighted by Gasteiger charge is -2.30. The minimum atomic E-state index is -0.798. The van der Waals surface area contributed by atoms with Crippen LogP contribution in [0.25, 0.3) is 0 Å². The Labute approximate surface area is 148 Å². The Kier molecular flexibility index (Phi) is 6.29. The molecule has 2 nitrogen and oxygen atoms in total. The Morgan fingerprint density at radius 2 is 1.96 bits per heavy atom. The fourth-order valence-corrected chi connectivity index (χ4v) is 4.94. The Balaban J connectivity index is 2.26. The molecule has 1 aliphatic carbocycles. The normalized spacial score (nSPS) is 22.1. The summed E-state index contributed by atoms with van der Waals surface area (Å²) >= 11 is 3.42. The number of hydrogen-bond acceptors (Lipinski definition) is 4. The molecule has 3 unspecified atom stereocenters. The van der Waals surface area contributed by atoms with Gasteiger partial charge in [-0.3, -0.25) is 0 Å². The highest BCUT2D eigenvalue weighted by Crippen LogP contribution is 2.57. The molecule has 3 atom stereocenters. The van der Waals surface area contributed by atoms with Crippen molar-refractivity contribution < 1.29 is 9.84 Å². The van der Waals surface area contributed by atoms with Gasteiger partial charge in [-0.2, -0.15) is 0 Å². The van der Waals surface area contributed by atoms with Gasteiger partial charge in [-0.15, -0.1) is 30.1 Å². The molecule has 126 valence electrons. The van der Waals surface area contributed by atoms with E-state index in [1.807, 2.05) is 18.2 Å². The van der Waals surface area contributed by atoms with Crippen LogP contribution < -0.4 is 4.74 Å². The van der Waals surface area contributed by atoms with E-state index in [-0.39, 0.29) is 5.92 Å². The molecule has 2 rings (SSSR count). The van der Waals surface area contributed by atoms with Crippen LogP contribution in [0.5, 0.6) is 5.75 Å². The Morgan fingerprint density at radius 1 is 1.35 bits per heavy atom. The molecule has 0 bridgehead atoms. The number of thioether (sulfide) groups is 2. The molecule has 0 spiro atoms. The first-order chi connectivity index (χ1) is 11.0. The molecule has 1 aromatic carbocycles. The molecule has 0 radical (unpaired) electrons. The van der Waals surface area contributed by atoms with Gasteiger partial charge in [0.2, 0.25) is 0 Å². The standard InChI is InChI=1S/C19H26O2S2/c1-6-11-19(20,13(2)18(22-4)23-5)17-12-16(17)14-7-9-15(21-3)10-8-14/h6-10,16-17,20H,1,11-12H2,2-5H3. The molecule has 0 saturated heterocycles. The van der Waals surface area contributed by atoms with Crippen molar-refractivity contribution in [3.8, 4) is 5.75 Å². The SMILES string of the molecule is C=CCC(O)(C(C)=C(SC)SC)C1CC1c1ccc(OC)cc1. The molecule has 1 aromatic rings. The summed E-state index contributed by atoms with van der Waals surface area (Å²) in [6.07, 6.45) is 7.59. The van der Waals surface area contributed by atoms with E-state index in [0.717, 1.165) is 17.7 Å². The highest BCUT2D eigenvalue weighted by Gasteiger charge is 2.53. The third-order valence-corrected chi connectivity index (χ3v) is 7.08. The topological polar surface area (TPSA) is 29.5 Å². The third kappa shape index (κ3) is 3.81. The molecule has 1 N–H and O–H groups in total. The summed E-state index contributed by atoms with van der Waals surface area (Å²) < 4.78 is 6.43. The molecular weight excluding hydrogens is 324 g/mol. The van der Waals surface area contributed by atoms with Crippen LogP contribution in [0, 0.1) is 5.92 Å². The maximum atomic E-state index is 11.4. The molecular formula is C19H26O2S2. The number of hydrogen-bond donors (Lipinski definition) is 1. The van der Waals surface area contributed by atoms with Gasteiger partial charge in [0.1, 0.15) is 5.75 Å². The summed E-state index contributed by atoms with van der Waals surface area (Å²) in [6, 6.07) is 8.21. The summed E-state index contributed by atoms with van der Waals surface area (Å²) in [5, 5.41) is 11.4. The fourth-order valence-electron chi connectivity index (χ4n) is 3.31. The Bertz CT molecular complexity index is 574. The van der Waals surface area contributed by atoms with E-state index < -0.39 is 5.60 Å². The van der Waals surface area contributed by atoms with Crippen molar-refractivity contribution in [1.82, 2.24) is 0 Å². The molecule has 0 amide bonds. The predicted octanol–water partition coefficient (Wildman–Crippen LogP) is 5.06. The van der Waals surface area contributed by atoms with Crippen molar-refractivity contribution >= 4 is 23.5 Å². The molecule has 1 aliphatic rings. The molecule has 23 heavy (non-hydrogen) atoms.